The van der Waals surface area contributed by atoms with E-state index in [0.29, 0.717) is 11.4 Å². The van der Waals surface area contributed by atoms with Gasteiger partial charge in [-0.15, -0.1) is 5.73 Å². The zero-order chi connectivity index (χ0) is 21.3. The first-order valence-electron chi connectivity index (χ1n) is 9.78. The van der Waals surface area contributed by atoms with Gasteiger partial charge in [0, 0.05) is 11.5 Å². The van der Waals surface area contributed by atoms with E-state index in [1.54, 1.807) is 36.5 Å². The molecule has 0 fully saturated rings. The van der Waals surface area contributed by atoms with Crippen molar-refractivity contribution in [3.63, 3.8) is 0 Å². The monoisotopic (exact) mass is 410 g/mol. The molecule has 30 heavy (non-hydrogen) atoms. The van der Waals surface area contributed by atoms with Crippen LogP contribution in [-0.2, 0) is 0 Å². The lowest BCUT2D eigenvalue weighted by Gasteiger charge is -2.33. The van der Waals surface area contributed by atoms with Gasteiger partial charge in [-0.25, -0.2) is 0 Å². The Morgan fingerprint density at radius 2 is 1.87 bits per heavy atom. The number of aromatic nitrogens is 2. The molecule has 0 radical (unpaired) electrons. The van der Waals surface area contributed by atoms with Gasteiger partial charge in [-0.1, -0.05) is 59.3 Å². The Bertz CT molecular complexity index is 1080. The average molecular weight is 410 g/mol. The molecule has 3 atom stereocenters. The summed E-state index contributed by atoms with van der Waals surface area (Å²) >= 11 is 0. The first-order chi connectivity index (χ1) is 14.3. The summed E-state index contributed by atoms with van der Waals surface area (Å²) in [5.74, 6) is -2.29. The van der Waals surface area contributed by atoms with Crippen molar-refractivity contribution in [2.24, 2.45) is 11.8 Å². The molecule has 0 amide bonds. The smallest absolute Gasteiger partial charge is 0.338 e. The van der Waals surface area contributed by atoms with E-state index in [2.05, 4.69) is 15.9 Å². The second-order valence-corrected chi connectivity index (χ2v) is 7.70. The number of aryl methyl sites for hydroxylation is 1. The van der Waals surface area contributed by atoms with Gasteiger partial charge in [0.15, 0.2) is 0 Å². The van der Waals surface area contributed by atoms with E-state index in [1.807, 2.05) is 38.1 Å². The molecule has 0 bridgehead atoms. The predicted molar refractivity (Wildman–Crippen MR) is 108 cm³/mol. The summed E-state index contributed by atoms with van der Waals surface area (Å²) in [5.41, 5.74) is 6.24. The molecule has 1 aromatic heterocycles. The lowest BCUT2D eigenvalue weighted by Crippen LogP contribution is -2.34. The van der Waals surface area contributed by atoms with Crippen LogP contribution < -0.4 is 0 Å². The van der Waals surface area contributed by atoms with Crippen molar-refractivity contribution in [3.8, 4) is 11.4 Å². The van der Waals surface area contributed by atoms with Gasteiger partial charge in [0.05, 0.1) is 11.8 Å². The first-order valence-corrected chi connectivity index (χ1v) is 9.78. The minimum absolute atomic E-state index is 0.137. The molecule has 0 spiro atoms. The normalized spacial score (nSPS) is 23.8. The maximum atomic E-state index is 14.0. The SMILES string of the molecule is CC1=C(C2C=CC(c3nc(-c4ccc(C)cc4)no3)CC2C(F)(F)F)C=CC=C=C1. The van der Waals surface area contributed by atoms with Gasteiger partial charge in [0.2, 0.25) is 11.7 Å². The largest absolute Gasteiger partial charge is 0.392 e. The van der Waals surface area contributed by atoms with Gasteiger partial charge in [0.25, 0.3) is 0 Å². The topological polar surface area (TPSA) is 38.9 Å². The quantitative estimate of drug-likeness (QED) is 0.429. The van der Waals surface area contributed by atoms with Crippen LogP contribution in [0.1, 0.15) is 30.7 Å². The van der Waals surface area contributed by atoms with Gasteiger partial charge < -0.3 is 4.52 Å². The summed E-state index contributed by atoms with van der Waals surface area (Å²) in [6.45, 7) is 3.78. The highest BCUT2D eigenvalue weighted by Gasteiger charge is 2.48. The fourth-order valence-corrected chi connectivity index (χ4v) is 3.90. The van der Waals surface area contributed by atoms with Gasteiger partial charge in [-0.2, -0.15) is 18.2 Å². The van der Waals surface area contributed by atoms with Gasteiger partial charge in [-0.05, 0) is 43.6 Å². The molecule has 0 N–H and O–H groups in total. The summed E-state index contributed by atoms with van der Waals surface area (Å²) in [6.07, 6.45) is 5.78. The van der Waals surface area contributed by atoms with Gasteiger partial charge in [-0.3, -0.25) is 0 Å². The van der Waals surface area contributed by atoms with Gasteiger partial charge in [0.1, 0.15) is 0 Å². The molecule has 3 unspecified atom stereocenters. The molecular weight excluding hydrogens is 389 g/mol. The first kappa shape index (κ1) is 20.2. The Balaban J connectivity index is 1.65. The van der Waals surface area contributed by atoms with Crippen molar-refractivity contribution >= 4 is 0 Å². The highest BCUT2D eigenvalue weighted by atomic mass is 19.4. The number of nitrogens with zero attached hydrogens (tertiary/aromatic N) is 2. The lowest BCUT2D eigenvalue weighted by molar-refractivity contribution is -0.185. The number of allylic oxidation sites excluding steroid dienone is 7. The fourth-order valence-electron chi connectivity index (χ4n) is 3.90. The zero-order valence-electron chi connectivity index (χ0n) is 16.6. The molecule has 6 heteroatoms. The summed E-state index contributed by atoms with van der Waals surface area (Å²) in [7, 11) is 0. The lowest BCUT2D eigenvalue weighted by atomic mass is 9.74. The van der Waals surface area contributed by atoms with Crippen LogP contribution in [0.15, 0.2) is 82.1 Å². The van der Waals surface area contributed by atoms with E-state index in [4.69, 9.17) is 4.52 Å². The molecule has 2 aliphatic rings. The number of alkyl halides is 3. The van der Waals surface area contributed by atoms with E-state index in [9.17, 15) is 13.2 Å². The maximum absolute atomic E-state index is 14.0. The molecule has 2 aliphatic carbocycles. The van der Waals surface area contributed by atoms with Crippen LogP contribution in [0, 0.1) is 18.8 Å². The van der Waals surface area contributed by atoms with Crippen LogP contribution in [0.3, 0.4) is 0 Å². The predicted octanol–water partition coefficient (Wildman–Crippen LogP) is 6.48. The molecule has 4 rings (SSSR count). The van der Waals surface area contributed by atoms with Crippen molar-refractivity contribution in [1.82, 2.24) is 10.1 Å². The highest BCUT2D eigenvalue weighted by Crippen LogP contribution is 2.47. The molecule has 0 saturated heterocycles. The number of halogens is 3. The van der Waals surface area contributed by atoms with Crippen LogP contribution in [0.5, 0.6) is 0 Å². The summed E-state index contributed by atoms with van der Waals surface area (Å²) in [6, 6.07) is 7.58. The third-order valence-corrected chi connectivity index (χ3v) is 5.56. The second kappa shape index (κ2) is 7.96. The van der Waals surface area contributed by atoms with Crippen molar-refractivity contribution in [2.75, 3.05) is 0 Å². The van der Waals surface area contributed by atoms with Crippen LogP contribution in [0.4, 0.5) is 13.2 Å². The Morgan fingerprint density at radius 1 is 1.10 bits per heavy atom. The highest BCUT2D eigenvalue weighted by molar-refractivity contribution is 5.54. The molecule has 2 aromatic rings. The molecule has 0 saturated carbocycles. The summed E-state index contributed by atoms with van der Waals surface area (Å²) in [5, 5.41) is 3.97. The summed E-state index contributed by atoms with van der Waals surface area (Å²) < 4.78 is 47.3. The van der Waals surface area contributed by atoms with Crippen molar-refractivity contribution in [1.29, 1.82) is 0 Å². The Kier molecular flexibility index (Phi) is 5.35. The van der Waals surface area contributed by atoms with Crippen LogP contribution in [-0.4, -0.2) is 16.3 Å². The molecule has 0 aliphatic heterocycles. The van der Waals surface area contributed by atoms with E-state index in [-0.39, 0.29) is 12.3 Å². The number of benzene rings is 1. The molecule has 154 valence electrons. The Hall–Kier alpha value is -3.11. The standard InChI is InChI=1S/C24H21F3N2O/c1-15-8-10-17(11-9-15)22-28-23(30-29-22)18-12-13-20(21(14-18)24(25,26)27)19-7-5-3-4-6-16(19)2/h3,5-13,18,20-21H,14H2,1-2H3. The number of hydrogen-bond donors (Lipinski definition) is 0. The average Bonchev–Trinajstić information content (AvgIpc) is 3.10. The molecule has 1 heterocycles. The second-order valence-electron chi connectivity index (χ2n) is 7.70. The zero-order valence-corrected chi connectivity index (χ0v) is 16.6. The van der Waals surface area contributed by atoms with E-state index in [1.165, 1.54) is 0 Å². The summed E-state index contributed by atoms with van der Waals surface area (Å²) in [4.78, 5) is 4.37. The number of hydrogen-bond acceptors (Lipinski definition) is 3. The third-order valence-electron chi connectivity index (χ3n) is 5.56. The van der Waals surface area contributed by atoms with Crippen LogP contribution in [0.2, 0.25) is 0 Å². The molecular formula is C24H21F3N2O. The maximum Gasteiger partial charge on any atom is 0.392 e. The van der Waals surface area contributed by atoms with Crippen LogP contribution in [0.25, 0.3) is 11.4 Å². The minimum Gasteiger partial charge on any atom is -0.338 e. The van der Waals surface area contributed by atoms with E-state index < -0.39 is 23.9 Å². The fraction of sp³-hybridized carbons (Fsp3) is 0.292. The van der Waals surface area contributed by atoms with Crippen molar-refractivity contribution in [2.45, 2.75) is 32.4 Å². The van der Waals surface area contributed by atoms with Gasteiger partial charge >= 0.3 is 6.18 Å². The van der Waals surface area contributed by atoms with E-state index >= 15 is 0 Å². The molecule has 3 nitrogen and oxygen atoms in total. The Labute approximate surface area is 173 Å². The third kappa shape index (κ3) is 4.10. The Morgan fingerprint density at radius 3 is 2.60 bits per heavy atom. The van der Waals surface area contributed by atoms with Crippen molar-refractivity contribution < 1.29 is 17.7 Å². The molecule has 1 aromatic carbocycles. The number of rotatable bonds is 3. The van der Waals surface area contributed by atoms with Crippen molar-refractivity contribution in [3.05, 3.63) is 89.1 Å². The minimum atomic E-state index is -4.35. The van der Waals surface area contributed by atoms with Crippen LogP contribution >= 0.6 is 0 Å². The van der Waals surface area contributed by atoms with E-state index in [0.717, 1.165) is 16.7 Å².